The second-order valence-electron chi connectivity index (χ2n) is 5.10. The fourth-order valence-corrected chi connectivity index (χ4v) is 2.74. The third-order valence-corrected chi connectivity index (χ3v) is 3.67. The molecule has 3 nitrogen and oxygen atoms in total. The Hall–Kier alpha value is -0.870. The second-order valence-corrected chi connectivity index (χ2v) is 6.01. The normalized spacial score (nSPS) is 22.8. The van der Waals surface area contributed by atoms with Crippen LogP contribution in [0.4, 0.5) is 0 Å². The number of aliphatic hydroxyl groups excluding tert-OH is 1. The van der Waals surface area contributed by atoms with Crippen molar-refractivity contribution in [3.8, 4) is 0 Å². The van der Waals surface area contributed by atoms with E-state index in [0.29, 0.717) is 18.5 Å². The molecule has 0 radical (unpaired) electrons. The van der Waals surface area contributed by atoms with E-state index in [-0.39, 0.29) is 11.4 Å². The minimum Gasteiger partial charge on any atom is -0.391 e. The van der Waals surface area contributed by atoms with E-state index < -0.39 is 6.10 Å². The first-order chi connectivity index (χ1) is 7.90. The molecular formula is C13H16BrNO2. The summed E-state index contributed by atoms with van der Waals surface area (Å²) < 4.78 is 0.890. The van der Waals surface area contributed by atoms with Crippen LogP contribution in [0.2, 0.25) is 0 Å². The van der Waals surface area contributed by atoms with Crippen LogP contribution in [0.15, 0.2) is 28.7 Å². The Kier molecular flexibility index (Phi) is 3.27. The maximum absolute atomic E-state index is 12.4. The van der Waals surface area contributed by atoms with E-state index in [1.165, 1.54) is 0 Å². The summed E-state index contributed by atoms with van der Waals surface area (Å²) in [4.78, 5) is 14.1. The maximum Gasteiger partial charge on any atom is 0.254 e. The monoisotopic (exact) mass is 297 g/mol. The number of rotatable bonds is 1. The fourth-order valence-electron chi connectivity index (χ4n) is 2.34. The number of nitrogens with zero attached hydrogens (tertiary/aromatic N) is 1. The Morgan fingerprint density at radius 1 is 1.53 bits per heavy atom. The first-order valence-electron chi connectivity index (χ1n) is 5.66. The van der Waals surface area contributed by atoms with Crippen molar-refractivity contribution in [1.29, 1.82) is 0 Å². The van der Waals surface area contributed by atoms with E-state index in [1.807, 2.05) is 32.0 Å². The quantitative estimate of drug-likeness (QED) is 0.865. The molecule has 1 atom stereocenters. The number of β-amino-alcohol motifs (C(OH)–C–C–N with tert-alkyl or cyclic N) is 1. The van der Waals surface area contributed by atoms with Crippen LogP contribution < -0.4 is 0 Å². The van der Waals surface area contributed by atoms with Crippen molar-refractivity contribution in [1.82, 2.24) is 4.90 Å². The van der Waals surface area contributed by atoms with Crippen molar-refractivity contribution in [3.05, 3.63) is 34.3 Å². The zero-order chi connectivity index (χ0) is 12.6. The van der Waals surface area contributed by atoms with Gasteiger partial charge in [-0.2, -0.15) is 0 Å². The number of benzene rings is 1. The summed E-state index contributed by atoms with van der Waals surface area (Å²) in [5.74, 6) is -0.0205. The summed E-state index contributed by atoms with van der Waals surface area (Å²) in [6.45, 7) is 4.39. The summed E-state index contributed by atoms with van der Waals surface area (Å²) in [5.41, 5.74) is 0.375. The van der Waals surface area contributed by atoms with E-state index in [2.05, 4.69) is 15.9 Å². The Balaban J connectivity index is 2.26. The molecule has 0 aliphatic carbocycles. The maximum atomic E-state index is 12.4. The van der Waals surface area contributed by atoms with Crippen molar-refractivity contribution >= 4 is 21.8 Å². The molecule has 2 rings (SSSR count). The first kappa shape index (κ1) is 12.6. The summed E-state index contributed by atoms with van der Waals surface area (Å²) in [6.07, 6.45) is 0.216. The molecule has 0 spiro atoms. The predicted octanol–water partition coefficient (Wildman–Crippen LogP) is 2.43. The van der Waals surface area contributed by atoms with Crippen LogP contribution in [0.3, 0.4) is 0 Å². The van der Waals surface area contributed by atoms with Gasteiger partial charge in [0.25, 0.3) is 5.91 Å². The van der Waals surface area contributed by atoms with Gasteiger partial charge >= 0.3 is 0 Å². The lowest BCUT2D eigenvalue weighted by molar-refractivity contribution is 0.0641. The van der Waals surface area contributed by atoms with Crippen molar-refractivity contribution in [2.24, 2.45) is 0 Å². The van der Waals surface area contributed by atoms with Gasteiger partial charge < -0.3 is 10.0 Å². The highest BCUT2D eigenvalue weighted by Gasteiger charge is 2.40. The van der Waals surface area contributed by atoms with Gasteiger partial charge in [0.2, 0.25) is 0 Å². The van der Waals surface area contributed by atoms with Gasteiger partial charge in [-0.25, -0.2) is 0 Å². The van der Waals surface area contributed by atoms with Crippen LogP contribution in [0.1, 0.15) is 30.6 Å². The number of hydrogen-bond acceptors (Lipinski definition) is 2. The van der Waals surface area contributed by atoms with Gasteiger partial charge in [-0.05, 0) is 38.5 Å². The molecule has 1 heterocycles. The Morgan fingerprint density at radius 3 is 2.76 bits per heavy atom. The van der Waals surface area contributed by atoms with Crippen LogP contribution in [0.5, 0.6) is 0 Å². The molecule has 17 heavy (non-hydrogen) atoms. The fraction of sp³-hybridized carbons (Fsp3) is 0.462. The van der Waals surface area contributed by atoms with Crippen LogP contribution >= 0.6 is 15.9 Å². The van der Waals surface area contributed by atoms with Gasteiger partial charge in [-0.15, -0.1) is 0 Å². The lowest BCUT2D eigenvalue weighted by Crippen LogP contribution is -2.42. The van der Waals surface area contributed by atoms with Crippen molar-refractivity contribution in [2.75, 3.05) is 6.54 Å². The Morgan fingerprint density at radius 2 is 2.24 bits per heavy atom. The highest BCUT2D eigenvalue weighted by Crippen LogP contribution is 2.30. The highest BCUT2D eigenvalue weighted by molar-refractivity contribution is 9.10. The van der Waals surface area contributed by atoms with Crippen LogP contribution in [-0.2, 0) is 0 Å². The molecule has 1 aromatic carbocycles. The molecule has 0 bridgehead atoms. The Bertz CT molecular complexity index is 445. The molecule has 1 amide bonds. The predicted molar refractivity (Wildman–Crippen MR) is 69.9 cm³/mol. The smallest absolute Gasteiger partial charge is 0.254 e. The molecule has 92 valence electrons. The van der Waals surface area contributed by atoms with Gasteiger partial charge in [-0.3, -0.25) is 4.79 Å². The van der Waals surface area contributed by atoms with Crippen LogP contribution in [-0.4, -0.2) is 34.1 Å². The number of aliphatic hydroxyl groups is 1. The van der Waals surface area contributed by atoms with E-state index in [4.69, 9.17) is 0 Å². The third kappa shape index (κ3) is 2.53. The summed E-state index contributed by atoms with van der Waals surface area (Å²) in [5, 5.41) is 9.68. The minimum absolute atomic E-state index is 0.0205. The molecular weight excluding hydrogens is 282 g/mol. The number of amides is 1. The molecule has 0 aromatic heterocycles. The van der Waals surface area contributed by atoms with E-state index in [1.54, 1.807) is 11.0 Å². The summed E-state index contributed by atoms with van der Waals surface area (Å²) in [7, 11) is 0. The molecule has 1 aliphatic rings. The molecule has 1 saturated heterocycles. The average Bonchev–Trinajstić information content (AvgIpc) is 2.51. The molecule has 1 unspecified atom stereocenters. The SMILES string of the molecule is CC1(C)CC(O)CN1C(=O)c1cccc(Br)c1. The molecule has 1 aromatic rings. The lowest BCUT2D eigenvalue weighted by Gasteiger charge is -2.31. The summed E-state index contributed by atoms with van der Waals surface area (Å²) >= 11 is 3.36. The Labute approximate surface area is 110 Å². The average molecular weight is 298 g/mol. The number of carbonyl (C=O) groups is 1. The second kappa shape index (κ2) is 4.42. The van der Waals surface area contributed by atoms with Gasteiger partial charge in [-0.1, -0.05) is 22.0 Å². The van der Waals surface area contributed by atoms with Gasteiger partial charge in [0.05, 0.1) is 6.10 Å². The minimum atomic E-state index is -0.416. The number of likely N-dealkylation sites (tertiary alicyclic amines) is 1. The van der Waals surface area contributed by atoms with Crippen molar-refractivity contribution in [2.45, 2.75) is 31.9 Å². The molecule has 4 heteroatoms. The van der Waals surface area contributed by atoms with Crippen LogP contribution in [0.25, 0.3) is 0 Å². The van der Waals surface area contributed by atoms with Crippen molar-refractivity contribution in [3.63, 3.8) is 0 Å². The molecule has 0 saturated carbocycles. The number of halogens is 1. The largest absolute Gasteiger partial charge is 0.391 e. The standard InChI is InChI=1S/C13H16BrNO2/c1-13(2)7-11(16)8-15(13)12(17)9-4-3-5-10(14)6-9/h3-6,11,16H,7-8H2,1-2H3. The van der Waals surface area contributed by atoms with Gasteiger partial charge in [0, 0.05) is 22.1 Å². The zero-order valence-corrected chi connectivity index (χ0v) is 11.6. The lowest BCUT2D eigenvalue weighted by atomic mass is 10.0. The first-order valence-corrected chi connectivity index (χ1v) is 6.45. The number of carbonyl (C=O) groups excluding carboxylic acids is 1. The highest BCUT2D eigenvalue weighted by atomic mass is 79.9. The molecule has 1 fully saturated rings. The number of hydrogen-bond donors (Lipinski definition) is 1. The summed E-state index contributed by atoms with van der Waals surface area (Å²) in [6, 6.07) is 7.34. The zero-order valence-electron chi connectivity index (χ0n) is 9.98. The van der Waals surface area contributed by atoms with E-state index in [0.717, 1.165) is 4.47 Å². The molecule has 1 aliphatic heterocycles. The van der Waals surface area contributed by atoms with Crippen molar-refractivity contribution < 1.29 is 9.90 Å². The van der Waals surface area contributed by atoms with E-state index in [9.17, 15) is 9.90 Å². The van der Waals surface area contributed by atoms with Gasteiger partial charge in [0.1, 0.15) is 0 Å². The molecule has 1 N–H and O–H groups in total. The van der Waals surface area contributed by atoms with E-state index >= 15 is 0 Å². The topological polar surface area (TPSA) is 40.5 Å². The van der Waals surface area contributed by atoms with Gasteiger partial charge in [0.15, 0.2) is 0 Å². The van der Waals surface area contributed by atoms with Crippen LogP contribution in [0, 0.1) is 0 Å². The third-order valence-electron chi connectivity index (χ3n) is 3.18.